The zero-order chi connectivity index (χ0) is 20.1. The number of nitrogens with zero attached hydrogens (tertiary/aromatic N) is 2. The van der Waals surface area contributed by atoms with E-state index in [0.29, 0.717) is 28.0 Å². The number of imidazole rings is 1. The molecular weight excluding hydrogens is 381 g/mol. The monoisotopic (exact) mass is 401 g/mol. The van der Waals surface area contributed by atoms with Gasteiger partial charge in [0.2, 0.25) is 5.91 Å². The van der Waals surface area contributed by atoms with E-state index in [-0.39, 0.29) is 11.7 Å². The third kappa shape index (κ3) is 4.64. The lowest BCUT2D eigenvalue weighted by Gasteiger charge is -2.14. The van der Waals surface area contributed by atoms with Gasteiger partial charge in [-0.05, 0) is 25.1 Å². The van der Waals surface area contributed by atoms with Crippen LogP contribution in [0.25, 0.3) is 5.69 Å². The molecule has 1 amide bonds. The summed E-state index contributed by atoms with van der Waals surface area (Å²) < 4.78 is 25.7. The highest BCUT2D eigenvalue weighted by atomic mass is 32.2. The molecule has 28 heavy (non-hydrogen) atoms. The first-order valence-corrected chi connectivity index (χ1v) is 9.38. The van der Waals surface area contributed by atoms with Gasteiger partial charge in [0, 0.05) is 36.3 Å². The summed E-state index contributed by atoms with van der Waals surface area (Å²) in [5.41, 5.74) is 1.22. The van der Waals surface area contributed by atoms with Crippen LogP contribution >= 0.6 is 11.8 Å². The van der Waals surface area contributed by atoms with E-state index in [4.69, 9.17) is 9.47 Å². The molecule has 0 spiro atoms. The van der Waals surface area contributed by atoms with Crippen molar-refractivity contribution in [2.24, 2.45) is 0 Å². The van der Waals surface area contributed by atoms with Gasteiger partial charge in [0.1, 0.15) is 17.3 Å². The van der Waals surface area contributed by atoms with Crippen LogP contribution < -0.4 is 14.8 Å². The SMILES string of the molecule is COc1cc(NC(=O)C(C)Sc2nccn2-c2cccc(F)c2)cc(OC)c1. The zero-order valence-corrected chi connectivity index (χ0v) is 16.5. The van der Waals surface area contributed by atoms with Crippen molar-refractivity contribution in [1.29, 1.82) is 0 Å². The number of methoxy groups -OCH3 is 2. The lowest BCUT2D eigenvalue weighted by atomic mass is 10.2. The number of benzene rings is 2. The van der Waals surface area contributed by atoms with Gasteiger partial charge in [0.25, 0.3) is 0 Å². The van der Waals surface area contributed by atoms with Crippen molar-refractivity contribution in [1.82, 2.24) is 9.55 Å². The maximum Gasteiger partial charge on any atom is 0.237 e. The van der Waals surface area contributed by atoms with Crippen LogP contribution in [0.2, 0.25) is 0 Å². The van der Waals surface area contributed by atoms with E-state index in [2.05, 4.69) is 10.3 Å². The normalized spacial score (nSPS) is 11.7. The van der Waals surface area contributed by atoms with E-state index in [1.165, 1.54) is 23.9 Å². The first-order valence-electron chi connectivity index (χ1n) is 8.50. The smallest absolute Gasteiger partial charge is 0.237 e. The van der Waals surface area contributed by atoms with Crippen molar-refractivity contribution in [3.8, 4) is 17.2 Å². The molecule has 6 nitrogen and oxygen atoms in total. The average Bonchev–Trinajstić information content (AvgIpc) is 3.15. The number of halogens is 1. The number of carbonyl (C=O) groups is 1. The van der Waals surface area contributed by atoms with Gasteiger partial charge in [-0.1, -0.05) is 17.8 Å². The van der Waals surface area contributed by atoms with Crippen LogP contribution in [-0.2, 0) is 4.79 Å². The third-order valence-electron chi connectivity index (χ3n) is 3.96. The molecule has 146 valence electrons. The minimum absolute atomic E-state index is 0.200. The van der Waals surface area contributed by atoms with Gasteiger partial charge < -0.3 is 14.8 Å². The number of hydrogen-bond acceptors (Lipinski definition) is 5. The molecule has 0 radical (unpaired) electrons. The molecule has 1 unspecified atom stereocenters. The number of aromatic nitrogens is 2. The van der Waals surface area contributed by atoms with Crippen molar-refractivity contribution in [3.05, 3.63) is 60.7 Å². The van der Waals surface area contributed by atoms with E-state index in [9.17, 15) is 9.18 Å². The molecule has 0 fully saturated rings. The summed E-state index contributed by atoms with van der Waals surface area (Å²) in [6.45, 7) is 1.78. The summed E-state index contributed by atoms with van der Waals surface area (Å²) in [4.78, 5) is 16.9. The average molecular weight is 401 g/mol. The van der Waals surface area contributed by atoms with Crippen LogP contribution in [0.5, 0.6) is 11.5 Å². The van der Waals surface area contributed by atoms with E-state index in [1.807, 2.05) is 0 Å². The molecule has 3 rings (SSSR count). The van der Waals surface area contributed by atoms with E-state index in [1.54, 1.807) is 68.4 Å². The molecule has 0 bridgehead atoms. The fourth-order valence-electron chi connectivity index (χ4n) is 2.53. The van der Waals surface area contributed by atoms with Gasteiger partial charge in [0.05, 0.1) is 25.2 Å². The Balaban J connectivity index is 1.73. The van der Waals surface area contributed by atoms with Crippen molar-refractivity contribution in [2.75, 3.05) is 19.5 Å². The molecule has 0 aliphatic carbocycles. The maximum atomic E-state index is 13.5. The Kier molecular flexibility index (Phi) is 6.20. The summed E-state index contributed by atoms with van der Waals surface area (Å²) >= 11 is 1.28. The molecule has 0 aliphatic heterocycles. The van der Waals surface area contributed by atoms with Gasteiger partial charge in [-0.15, -0.1) is 0 Å². The number of ether oxygens (including phenoxy) is 2. The number of carbonyl (C=O) groups excluding carboxylic acids is 1. The van der Waals surface area contributed by atoms with Gasteiger partial charge in [-0.25, -0.2) is 9.37 Å². The molecule has 1 atom stereocenters. The second-order valence-corrected chi connectivity index (χ2v) is 7.22. The predicted octanol–water partition coefficient (Wildman–Crippen LogP) is 4.15. The van der Waals surface area contributed by atoms with Gasteiger partial charge in [-0.3, -0.25) is 9.36 Å². The van der Waals surface area contributed by atoms with Crippen LogP contribution in [0.3, 0.4) is 0 Å². The topological polar surface area (TPSA) is 65.4 Å². The molecule has 0 aliphatic rings. The van der Waals surface area contributed by atoms with Gasteiger partial charge in [0.15, 0.2) is 5.16 Å². The van der Waals surface area contributed by atoms with Gasteiger partial charge in [-0.2, -0.15) is 0 Å². The van der Waals surface area contributed by atoms with E-state index in [0.717, 1.165) is 0 Å². The summed E-state index contributed by atoms with van der Waals surface area (Å²) in [6.07, 6.45) is 3.35. The molecule has 2 aromatic carbocycles. The highest BCUT2D eigenvalue weighted by molar-refractivity contribution is 8.00. The fourth-order valence-corrected chi connectivity index (χ4v) is 3.42. The fraction of sp³-hybridized carbons (Fsp3) is 0.200. The molecule has 8 heteroatoms. The maximum absolute atomic E-state index is 13.5. The quantitative estimate of drug-likeness (QED) is 0.603. The number of thioether (sulfide) groups is 1. The minimum atomic E-state index is -0.438. The Labute approximate surface area is 166 Å². The molecule has 0 saturated carbocycles. The van der Waals surface area contributed by atoms with Crippen molar-refractivity contribution >= 4 is 23.4 Å². The van der Waals surface area contributed by atoms with E-state index >= 15 is 0 Å². The Bertz CT molecular complexity index is 955. The second kappa shape index (κ2) is 8.79. The molecular formula is C20H20FN3O3S. The Morgan fingerprint density at radius 1 is 1.18 bits per heavy atom. The van der Waals surface area contributed by atoms with Crippen LogP contribution in [0.15, 0.2) is 60.0 Å². The Morgan fingerprint density at radius 2 is 1.89 bits per heavy atom. The number of nitrogens with one attached hydrogen (secondary N) is 1. The molecule has 1 heterocycles. The highest BCUT2D eigenvalue weighted by Gasteiger charge is 2.18. The highest BCUT2D eigenvalue weighted by Crippen LogP contribution is 2.28. The molecule has 1 aromatic heterocycles. The molecule has 1 N–H and O–H groups in total. The second-order valence-electron chi connectivity index (χ2n) is 5.91. The van der Waals surface area contributed by atoms with Crippen molar-refractivity contribution in [2.45, 2.75) is 17.3 Å². The van der Waals surface area contributed by atoms with Crippen LogP contribution in [0, 0.1) is 5.82 Å². The number of rotatable bonds is 7. The summed E-state index contributed by atoms with van der Waals surface area (Å²) in [5.74, 6) is 0.627. The number of anilines is 1. The molecule has 3 aromatic rings. The summed E-state index contributed by atoms with van der Waals surface area (Å²) in [6, 6.07) is 11.4. The first kappa shape index (κ1) is 19.8. The summed E-state index contributed by atoms with van der Waals surface area (Å²) in [5, 5.41) is 3.01. The lowest BCUT2D eigenvalue weighted by molar-refractivity contribution is -0.115. The number of hydrogen-bond donors (Lipinski definition) is 1. The van der Waals surface area contributed by atoms with Crippen molar-refractivity contribution < 1.29 is 18.7 Å². The van der Waals surface area contributed by atoms with Crippen LogP contribution in [-0.4, -0.2) is 34.9 Å². The first-order chi connectivity index (χ1) is 13.5. The zero-order valence-electron chi connectivity index (χ0n) is 15.7. The largest absolute Gasteiger partial charge is 0.497 e. The Hall–Kier alpha value is -3.00. The lowest BCUT2D eigenvalue weighted by Crippen LogP contribution is -2.22. The van der Waals surface area contributed by atoms with E-state index < -0.39 is 5.25 Å². The van der Waals surface area contributed by atoms with Gasteiger partial charge >= 0.3 is 0 Å². The minimum Gasteiger partial charge on any atom is -0.497 e. The van der Waals surface area contributed by atoms with Crippen molar-refractivity contribution in [3.63, 3.8) is 0 Å². The predicted molar refractivity (Wildman–Crippen MR) is 107 cm³/mol. The summed E-state index contributed by atoms with van der Waals surface area (Å²) in [7, 11) is 3.09. The Morgan fingerprint density at radius 3 is 2.54 bits per heavy atom. The van der Waals surface area contributed by atoms with Crippen LogP contribution in [0.4, 0.5) is 10.1 Å². The number of amides is 1. The third-order valence-corrected chi connectivity index (χ3v) is 5.04. The van der Waals surface area contributed by atoms with Crippen LogP contribution in [0.1, 0.15) is 6.92 Å². The molecule has 0 saturated heterocycles. The standard InChI is InChI=1S/C20H20FN3O3S/c1-13(19(25)23-15-10-17(26-2)12-18(11-15)27-3)28-20-22-7-8-24(20)16-6-4-5-14(21)9-16/h4-13H,1-3H3,(H,23,25).